The predicted octanol–water partition coefficient (Wildman–Crippen LogP) is 2.09. The predicted molar refractivity (Wildman–Crippen MR) is 98.0 cm³/mol. The minimum Gasteiger partial charge on any atom is -0.495 e. The van der Waals surface area contributed by atoms with E-state index in [2.05, 4.69) is 5.32 Å². The number of ether oxygens (including phenoxy) is 1. The number of halogens is 1. The molecule has 0 heterocycles. The lowest BCUT2D eigenvalue weighted by Crippen LogP contribution is -2.44. The zero-order valence-corrected chi connectivity index (χ0v) is 15.5. The van der Waals surface area contributed by atoms with Gasteiger partial charge in [-0.2, -0.15) is 12.7 Å². The summed E-state index contributed by atoms with van der Waals surface area (Å²) in [7, 11) is 0.211. The van der Waals surface area contributed by atoms with E-state index in [-0.39, 0.29) is 5.69 Å². The number of methoxy groups -OCH3 is 1. The fourth-order valence-corrected chi connectivity index (χ4v) is 3.24. The van der Waals surface area contributed by atoms with Gasteiger partial charge in [-0.1, -0.05) is 12.1 Å². The van der Waals surface area contributed by atoms with Gasteiger partial charge in [-0.3, -0.25) is 4.79 Å². The Balaban J connectivity index is 2.29. The number of carbonyl (C=O) groups is 1. The summed E-state index contributed by atoms with van der Waals surface area (Å²) in [6.45, 7) is -0.482. The van der Waals surface area contributed by atoms with Crippen LogP contribution in [0.25, 0.3) is 0 Å². The number of rotatable bonds is 7. The largest absolute Gasteiger partial charge is 0.495 e. The van der Waals surface area contributed by atoms with Crippen LogP contribution in [-0.4, -0.2) is 46.4 Å². The topological polar surface area (TPSA) is 79.0 Å². The molecular formula is C17H20FN3O4S. The molecule has 1 amide bonds. The third kappa shape index (κ3) is 4.50. The molecule has 140 valence electrons. The lowest BCUT2D eigenvalue weighted by Gasteiger charge is -2.27. The van der Waals surface area contributed by atoms with Crippen LogP contribution in [-0.2, 0) is 15.0 Å². The van der Waals surface area contributed by atoms with Crippen molar-refractivity contribution in [3.8, 4) is 5.75 Å². The molecule has 9 heteroatoms. The molecule has 0 atom stereocenters. The van der Waals surface area contributed by atoms with Crippen molar-refractivity contribution in [2.75, 3.05) is 37.4 Å². The molecule has 0 spiro atoms. The quantitative estimate of drug-likeness (QED) is 0.797. The molecule has 0 saturated carbocycles. The van der Waals surface area contributed by atoms with Crippen LogP contribution < -0.4 is 14.4 Å². The Labute approximate surface area is 152 Å². The Morgan fingerprint density at radius 1 is 1.12 bits per heavy atom. The van der Waals surface area contributed by atoms with Crippen LogP contribution in [0.4, 0.5) is 15.8 Å². The van der Waals surface area contributed by atoms with Gasteiger partial charge < -0.3 is 10.1 Å². The van der Waals surface area contributed by atoms with Crippen molar-refractivity contribution in [2.45, 2.75) is 0 Å². The number of nitrogens with zero attached hydrogens (tertiary/aromatic N) is 2. The van der Waals surface area contributed by atoms with Gasteiger partial charge in [0, 0.05) is 14.1 Å². The van der Waals surface area contributed by atoms with Gasteiger partial charge in [-0.05, 0) is 36.4 Å². The number of para-hydroxylation sites is 2. The summed E-state index contributed by atoms with van der Waals surface area (Å²) >= 11 is 0. The van der Waals surface area contributed by atoms with E-state index < -0.39 is 28.5 Å². The number of nitrogens with one attached hydrogen (secondary N) is 1. The number of hydrogen-bond acceptors (Lipinski definition) is 4. The smallest absolute Gasteiger partial charge is 0.304 e. The summed E-state index contributed by atoms with van der Waals surface area (Å²) in [5.41, 5.74) is 0.594. The van der Waals surface area contributed by atoms with E-state index in [9.17, 15) is 17.6 Å². The molecule has 0 unspecified atom stereocenters. The maximum atomic E-state index is 13.2. The normalized spacial score (nSPS) is 11.3. The fourth-order valence-electron chi connectivity index (χ4n) is 2.18. The number of hydrogen-bond donors (Lipinski definition) is 1. The van der Waals surface area contributed by atoms with Crippen LogP contribution in [0, 0.1) is 5.82 Å². The van der Waals surface area contributed by atoms with Crippen molar-refractivity contribution < 1.29 is 22.3 Å². The lowest BCUT2D eigenvalue weighted by atomic mass is 10.3. The maximum absolute atomic E-state index is 13.2. The van der Waals surface area contributed by atoms with Gasteiger partial charge in [-0.15, -0.1) is 0 Å². The van der Waals surface area contributed by atoms with Crippen molar-refractivity contribution in [3.63, 3.8) is 0 Å². The lowest BCUT2D eigenvalue weighted by molar-refractivity contribution is -0.114. The summed E-state index contributed by atoms with van der Waals surface area (Å²) in [5.74, 6) is -0.622. The molecule has 0 aliphatic rings. The first-order valence-corrected chi connectivity index (χ1v) is 9.04. The van der Waals surface area contributed by atoms with Gasteiger partial charge >= 0.3 is 10.2 Å². The van der Waals surface area contributed by atoms with Crippen LogP contribution in [0.3, 0.4) is 0 Å². The summed E-state index contributed by atoms with van der Waals surface area (Å²) in [6, 6.07) is 11.6. The molecule has 2 aromatic carbocycles. The first-order valence-electron chi connectivity index (χ1n) is 7.64. The van der Waals surface area contributed by atoms with Crippen LogP contribution >= 0.6 is 0 Å². The van der Waals surface area contributed by atoms with E-state index in [0.29, 0.717) is 11.4 Å². The summed E-state index contributed by atoms with van der Waals surface area (Å²) in [6.07, 6.45) is 0. The first-order chi connectivity index (χ1) is 12.3. The number of carbonyl (C=O) groups excluding carboxylic acids is 1. The molecule has 0 aromatic heterocycles. The molecule has 2 aromatic rings. The molecule has 2 rings (SSSR count). The van der Waals surface area contributed by atoms with Crippen molar-refractivity contribution in [1.82, 2.24) is 4.31 Å². The highest BCUT2D eigenvalue weighted by atomic mass is 32.2. The fraction of sp³-hybridized carbons (Fsp3) is 0.235. The maximum Gasteiger partial charge on any atom is 0.304 e. The summed E-state index contributed by atoms with van der Waals surface area (Å²) in [5, 5.41) is 2.62. The Morgan fingerprint density at radius 3 is 2.31 bits per heavy atom. The standard InChI is InChI=1S/C17H20FN3O4S/c1-20(2)26(23,24)21(14-10-8-13(18)9-11-14)12-17(22)19-15-6-4-5-7-16(15)25-3/h4-11H,12H2,1-3H3,(H,19,22). The SMILES string of the molecule is COc1ccccc1NC(=O)CN(c1ccc(F)cc1)S(=O)(=O)N(C)C. The van der Waals surface area contributed by atoms with Gasteiger partial charge in [0.05, 0.1) is 18.5 Å². The average molecular weight is 381 g/mol. The number of anilines is 2. The minimum atomic E-state index is -3.96. The third-order valence-electron chi connectivity index (χ3n) is 3.52. The zero-order chi connectivity index (χ0) is 19.3. The molecule has 7 nitrogen and oxygen atoms in total. The molecular weight excluding hydrogens is 361 g/mol. The average Bonchev–Trinajstić information content (AvgIpc) is 2.61. The van der Waals surface area contributed by atoms with E-state index in [0.717, 1.165) is 20.7 Å². The molecule has 0 fully saturated rings. The Kier molecular flexibility index (Phi) is 6.17. The Morgan fingerprint density at radius 2 is 1.73 bits per heavy atom. The molecule has 0 aliphatic carbocycles. The van der Waals surface area contributed by atoms with Crippen LogP contribution in [0.15, 0.2) is 48.5 Å². The van der Waals surface area contributed by atoms with E-state index >= 15 is 0 Å². The van der Waals surface area contributed by atoms with Crippen molar-refractivity contribution >= 4 is 27.5 Å². The van der Waals surface area contributed by atoms with E-state index in [1.165, 1.54) is 33.3 Å². The highest BCUT2D eigenvalue weighted by Gasteiger charge is 2.27. The molecule has 0 saturated heterocycles. The molecule has 1 N–H and O–H groups in total. The van der Waals surface area contributed by atoms with Gasteiger partial charge in [0.15, 0.2) is 0 Å². The summed E-state index contributed by atoms with van der Waals surface area (Å²) < 4.78 is 45.4. The van der Waals surface area contributed by atoms with E-state index in [1.807, 2.05) is 0 Å². The zero-order valence-electron chi connectivity index (χ0n) is 14.6. The molecule has 0 bridgehead atoms. The van der Waals surface area contributed by atoms with Crippen molar-refractivity contribution in [2.24, 2.45) is 0 Å². The van der Waals surface area contributed by atoms with Crippen molar-refractivity contribution in [1.29, 1.82) is 0 Å². The Bertz CT molecular complexity index is 870. The second-order valence-electron chi connectivity index (χ2n) is 5.52. The van der Waals surface area contributed by atoms with Gasteiger partial charge in [0.2, 0.25) is 5.91 Å². The monoisotopic (exact) mass is 381 g/mol. The van der Waals surface area contributed by atoms with E-state index in [4.69, 9.17) is 4.74 Å². The van der Waals surface area contributed by atoms with Gasteiger partial charge in [0.1, 0.15) is 18.1 Å². The van der Waals surface area contributed by atoms with Crippen LogP contribution in [0.5, 0.6) is 5.75 Å². The molecule has 26 heavy (non-hydrogen) atoms. The highest BCUT2D eigenvalue weighted by molar-refractivity contribution is 7.90. The van der Waals surface area contributed by atoms with Crippen LogP contribution in [0.1, 0.15) is 0 Å². The highest BCUT2D eigenvalue weighted by Crippen LogP contribution is 2.24. The molecule has 0 radical (unpaired) electrons. The molecule has 0 aliphatic heterocycles. The van der Waals surface area contributed by atoms with Crippen molar-refractivity contribution in [3.05, 3.63) is 54.3 Å². The second kappa shape index (κ2) is 8.15. The van der Waals surface area contributed by atoms with Gasteiger partial charge in [0.25, 0.3) is 0 Å². The number of amides is 1. The minimum absolute atomic E-state index is 0.176. The van der Waals surface area contributed by atoms with Crippen LogP contribution in [0.2, 0.25) is 0 Å². The second-order valence-corrected chi connectivity index (χ2v) is 7.59. The third-order valence-corrected chi connectivity index (χ3v) is 5.34. The van der Waals surface area contributed by atoms with E-state index in [1.54, 1.807) is 24.3 Å². The first kappa shape index (κ1) is 19.7. The number of benzene rings is 2. The summed E-state index contributed by atoms with van der Waals surface area (Å²) in [4.78, 5) is 12.4. The van der Waals surface area contributed by atoms with Gasteiger partial charge in [-0.25, -0.2) is 8.70 Å². The Hall–Kier alpha value is -2.65.